The van der Waals surface area contributed by atoms with Gasteiger partial charge in [-0.3, -0.25) is 0 Å². The maximum atomic E-state index is 5.66. The zero-order valence-electron chi connectivity index (χ0n) is 8.86. The van der Waals surface area contributed by atoms with Gasteiger partial charge in [0.25, 0.3) is 0 Å². The van der Waals surface area contributed by atoms with Crippen LogP contribution in [0.25, 0.3) is 0 Å². The lowest BCUT2D eigenvalue weighted by Crippen LogP contribution is -2.34. The summed E-state index contributed by atoms with van der Waals surface area (Å²) in [5.41, 5.74) is 0.896. The van der Waals surface area contributed by atoms with Gasteiger partial charge in [-0.2, -0.15) is 0 Å². The molecule has 2 N–H and O–H groups in total. The molecule has 1 aromatic rings. The molecule has 15 heavy (non-hydrogen) atoms. The van der Waals surface area contributed by atoms with Gasteiger partial charge in [-0.15, -0.1) is 0 Å². The van der Waals surface area contributed by atoms with Gasteiger partial charge in [-0.25, -0.2) is 9.97 Å². The molecule has 1 fully saturated rings. The molecule has 1 aliphatic heterocycles. The quantitative estimate of drug-likeness (QED) is 0.763. The zero-order chi connectivity index (χ0) is 10.5. The van der Waals surface area contributed by atoms with Crippen LogP contribution in [0.5, 0.6) is 6.01 Å². The largest absolute Gasteiger partial charge is 0.460 e. The maximum Gasteiger partial charge on any atom is 0.316 e. The van der Waals surface area contributed by atoms with Crippen LogP contribution in [0.3, 0.4) is 0 Å². The van der Waals surface area contributed by atoms with Gasteiger partial charge in [-0.1, -0.05) is 0 Å². The lowest BCUT2D eigenvalue weighted by atomic mass is 10.1. The van der Waals surface area contributed by atoms with Gasteiger partial charge in [0, 0.05) is 7.05 Å². The van der Waals surface area contributed by atoms with Crippen LogP contribution in [0.15, 0.2) is 12.4 Å². The maximum absolute atomic E-state index is 5.66. The zero-order valence-corrected chi connectivity index (χ0v) is 8.86. The Morgan fingerprint density at radius 2 is 2.00 bits per heavy atom. The van der Waals surface area contributed by atoms with Crippen LogP contribution < -0.4 is 15.4 Å². The Morgan fingerprint density at radius 3 is 2.60 bits per heavy atom. The van der Waals surface area contributed by atoms with Crippen molar-refractivity contribution >= 4 is 5.69 Å². The summed E-state index contributed by atoms with van der Waals surface area (Å²) in [7, 11) is 1.84. The van der Waals surface area contributed by atoms with E-state index in [2.05, 4.69) is 20.6 Å². The van der Waals surface area contributed by atoms with Crippen LogP contribution in [0.1, 0.15) is 12.8 Å². The Bertz CT molecular complexity index is 295. The monoisotopic (exact) mass is 208 g/mol. The molecule has 0 bridgehead atoms. The van der Waals surface area contributed by atoms with Crippen molar-refractivity contribution in [3.63, 3.8) is 0 Å². The molecule has 2 heterocycles. The number of nitrogens with one attached hydrogen (secondary N) is 2. The highest BCUT2D eigenvalue weighted by Crippen LogP contribution is 2.12. The van der Waals surface area contributed by atoms with E-state index in [4.69, 9.17) is 4.74 Å². The van der Waals surface area contributed by atoms with Crippen molar-refractivity contribution in [2.45, 2.75) is 18.9 Å². The van der Waals surface area contributed by atoms with Crippen molar-refractivity contribution in [2.75, 3.05) is 25.5 Å². The molecule has 2 rings (SSSR count). The Balaban J connectivity index is 1.91. The molecule has 0 spiro atoms. The fraction of sp³-hybridized carbons (Fsp3) is 0.600. The summed E-state index contributed by atoms with van der Waals surface area (Å²) >= 11 is 0. The van der Waals surface area contributed by atoms with E-state index in [0.29, 0.717) is 6.01 Å². The number of nitrogens with zero attached hydrogens (tertiary/aromatic N) is 2. The highest BCUT2D eigenvalue weighted by Gasteiger charge is 2.15. The molecule has 0 unspecified atom stereocenters. The molecule has 0 amide bonds. The van der Waals surface area contributed by atoms with Gasteiger partial charge in [-0.05, 0) is 25.9 Å². The second-order valence-corrected chi connectivity index (χ2v) is 3.57. The highest BCUT2D eigenvalue weighted by atomic mass is 16.5. The predicted molar refractivity (Wildman–Crippen MR) is 58.1 cm³/mol. The first-order valence-electron chi connectivity index (χ1n) is 5.25. The van der Waals surface area contributed by atoms with E-state index in [0.717, 1.165) is 31.6 Å². The molecular formula is C10H16N4O. The summed E-state index contributed by atoms with van der Waals surface area (Å²) < 4.78 is 5.66. The average molecular weight is 208 g/mol. The van der Waals surface area contributed by atoms with Gasteiger partial charge in [0.05, 0.1) is 18.1 Å². The molecule has 0 saturated carbocycles. The van der Waals surface area contributed by atoms with Crippen molar-refractivity contribution in [3.05, 3.63) is 12.4 Å². The van der Waals surface area contributed by atoms with Crippen molar-refractivity contribution in [2.24, 2.45) is 0 Å². The molecule has 1 aliphatic rings. The van der Waals surface area contributed by atoms with Gasteiger partial charge in [0.2, 0.25) is 0 Å². The Kier molecular flexibility index (Phi) is 3.34. The normalized spacial score (nSPS) is 17.4. The van der Waals surface area contributed by atoms with Gasteiger partial charge in [0.1, 0.15) is 6.10 Å². The summed E-state index contributed by atoms with van der Waals surface area (Å²) in [6.07, 6.45) is 5.76. The minimum atomic E-state index is 0.256. The Hall–Kier alpha value is -1.36. The molecule has 1 aromatic heterocycles. The van der Waals surface area contributed by atoms with Crippen molar-refractivity contribution in [1.29, 1.82) is 0 Å². The Morgan fingerprint density at radius 1 is 1.33 bits per heavy atom. The first-order chi connectivity index (χ1) is 7.38. The fourth-order valence-electron chi connectivity index (χ4n) is 1.57. The summed E-state index contributed by atoms with van der Waals surface area (Å²) in [5, 5.41) is 6.26. The standard InChI is InChI=1S/C10H16N4O/c1-11-8-6-13-10(14-7-8)15-9-2-4-12-5-3-9/h6-7,9,11-12H,2-5H2,1H3. The first kappa shape index (κ1) is 10.2. The Labute approximate surface area is 89.3 Å². The number of hydrogen-bond donors (Lipinski definition) is 2. The van der Waals surface area contributed by atoms with Crippen LogP contribution in [0, 0.1) is 0 Å². The molecular weight excluding hydrogens is 192 g/mol. The summed E-state index contributed by atoms with van der Waals surface area (Å²) in [6.45, 7) is 2.03. The molecule has 82 valence electrons. The summed E-state index contributed by atoms with van der Waals surface area (Å²) in [5.74, 6) is 0. The number of aromatic nitrogens is 2. The number of ether oxygens (including phenoxy) is 1. The topological polar surface area (TPSA) is 59.1 Å². The van der Waals surface area contributed by atoms with E-state index in [9.17, 15) is 0 Å². The average Bonchev–Trinajstić information content (AvgIpc) is 2.31. The van der Waals surface area contributed by atoms with Crippen LogP contribution in [-0.2, 0) is 0 Å². The summed E-state index contributed by atoms with van der Waals surface area (Å²) in [4.78, 5) is 8.25. The summed E-state index contributed by atoms with van der Waals surface area (Å²) in [6, 6.07) is 0.473. The molecule has 0 aromatic carbocycles. The number of anilines is 1. The third kappa shape index (κ3) is 2.79. The lowest BCUT2D eigenvalue weighted by molar-refractivity contribution is 0.149. The smallest absolute Gasteiger partial charge is 0.316 e. The van der Waals surface area contributed by atoms with E-state index in [1.54, 1.807) is 12.4 Å². The fourth-order valence-corrected chi connectivity index (χ4v) is 1.57. The van der Waals surface area contributed by atoms with Gasteiger partial charge < -0.3 is 15.4 Å². The van der Waals surface area contributed by atoms with Crippen molar-refractivity contribution in [1.82, 2.24) is 15.3 Å². The second-order valence-electron chi connectivity index (χ2n) is 3.57. The van der Waals surface area contributed by atoms with Crippen molar-refractivity contribution < 1.29 is 4.74 Å². The van der Waals surface area contributed by atoms with Crippen LogP contribution in [0.4, 0.5) is 5.69 Å². The SMILES string of the molecule is CNc1cnc(OC2CCNCC2)nc1. The van der Waals surface area contributed by atoms with E-state index in [1.807, 2.05) is 7.05 Å². The molecule has 5 heteroatoms. The third-order valence-electron chi connectivity index (χ3n) is 2.48. The van der Waals surface area contributed by atoms with E-state index >= 15 is 0 Å². The minimum Gasteiger partial charge on any atom is -0.460 e. The highest BCUT2D eigenvalue weighted by molar-refractivity contribution is 5.36. The number of rotatable bonds is 3. The third-order valence-corrected chi connectivity index (χ3v) is 2.48. The first-order valence-corrected chi connectivity index (χ1v) is 5.25. The van der Waals surface area contributed by atoms with Crippen molar-refractivity contribution in [3.8, 4) is 6.01 Å². The number of hydrogen-bond acceptors (Lipinski definition) is 5. The van der Waals surface area contributed by atoms with Gasteiger partial charge >= 0.3 is 6.01 Å². The predicted octanol–water partition coefficient (Wildman–Crippen LogP) is 0.649. The lowest BCUT2D eigenvalue weighted by Gasteiger charge is -2.22. The molecule has 0 aliphatic carbocycles. The van der Waals surface area contributed by atoms with E-state index in [-0.39, 0.29) is 6.10 Å². The molecule has 0 atom stereocenters. The van der Waals surface area contributed by atoms with Gasteiger partial charge in [0.15, 0.2) is 0 Å². The molecule has 1 saturated heterocycles. The molecule has 5 nitrogen and oxygen atoms in total. The number of piperidine rings is 1. The minimum absolute atomic E-state index is 0.256. The van der Waals surface area contributed by atoms with E-state index < -0.39 is 0 Å². The van der Waals surface area contributed by atoms with Crippen LogP contribution >= 0.6 is 0 Å². The van der Waals surface area contributed by atoms with Crippen LogP contribution in [-0.4, -0.2) is 36.2 Å². The second kappa shape index (κ2) is 4.93. The van der Waals surface area contributed by atoms with Crippen LogP contribution in [0.2, 0.25) is 0 Å². The molecule has 0 radical (unpaired) electrons. The van der Waals surface area contributed by atoms with E-state index in [1.165, 1.54) is 0 Å².